The van der Waals surface area contributed by atoms with Crippen molar-refractivity contribution >= 4 is 41.4 Å². The Morgan fingerprint density at radius 2 is 1.36 bits per heavy atom. The molecule has 0 unspecified atom stereocenters. The Bertz CT molecular complexity index is 1900. The Labute approximate surface area is 290 Å². The highest BCUT2D eigenvalue weighted by atomic mass is 16.5. The molecule has 258 valence electrons. The summed E-state index contributed by atoms with van der Waals surface area (Å²) in [7, 11) is 6.24. The number of benzene rings is 3. The van der Waals surface area contributed by atoms with Gasteiger partial charge >= 0.3 is 17.9 Å². The van der Waals surface area contributed by atoms with Crippen LogP contribution in [0.3, 0.4) is 0 Å². The average molecular weight is 679 g/mol. The van der Waals surface area contributed by atoms with E-state index in [-0.39, 0.29) is 17.6 Å². The lowest BCUT2D eigenvalue weighted by molar-refractivity contribution is -0.145. The summed E-state index contributed by atoms with van der Waals surface area (Å²) in [6.45, 7) is 0. The summed E-state index contributed by atoms with van der Waals surface area (Å²) >= 11 is 0. The van der Waals surface area contributed by atoms with Crippen LogP contribution in [-0.4, -0.2) is 55.4 Å². The van der Waals surface area contributed by atoms with Gasteiger partial charge in [0.05, 0.1) is 37.3 Å². The summed E-state index contributed by atoms with van der Waals surface area (Å²) in [6, 6.07) is 21.3. The molecule has 0 N–H and O–H groups in total. The molecule has 0 bridgehead atoms. The lowest BCUT2D eigenvalue weighted by Crippen LogP contribution is -2.30. The van der Waals surface area contributed by atoms with Crippen molar-refractivity contribution in [3.63, 3.8) is 0 Å². The molecule has 1 fully saturated rings. The first-order chi connectivity index (χ1) is 24.1. The van der Waals surface area contributed by atoms with E-state index in [4.69, 9.17) is 18.9 Å². The number of esters is 3. The molecule has 1 aliphatic rings. The molecule has 0 saturated heterocycles. The summed E-state index contributed by atoms with van der Waals surface area (Å²) in [5.74, 6) is -1.37. The van der Waals surface area contributed by atoms with Crippen LogP contribution in [0.1, 0.15) is 62.5 Å². The fourth-order valence-electron chi connectivity index (χ4n) is 5.72. The molecule has 1 amide bonds. The van der Waals surface area contributed by atoms with Gasteiger partial charge in [-0.3, -0.25) is 19.2 Å². The molecule has 0 aliphatic heterocycles. The van der Waals surface area contributed by atoms with Gasteiger partial charge in [0, 0.05) is 37.1 Å². The summed E-state index contributed by atoms with van der Waals surface area (Å²) < 4.78 is 23.2. The van der Waals surface area contributed by atoms with Crippen molar-refractivity contribution < 1.29 is 42.9 Å². The normalized spacial score (nSPS) is 15.6. The Hall–Kier alpha value is -5.97. The van der Waals surface area contributed by atoms with Crippen molar-refractivity contribution in [3.8, 4) is 17.2 Å². The molecule has 0 radical (unpaired) electrons. The third-order valence-electron chi connectivity index (χ3n) is 8.73. The summed E-state index contributed by atoms with van der Waals surface area (Å²) in [5, 5.41) is 0. The van der Waals surface area contributed by atoms with E-state index < -0.39 is 23.8 Å². The van der Waals surface area contributed by atoms with Crippen LogP contribution >= 0.6 is 0 Å². The Balaban J connectivity index is 1.13. The summed E-state index contributed by atoms with van der Waals surface area (Å²) in [6.07, 6.45) is 6.62. The number of rotatable bonds is 11. The van der Waals surface area contributed by atoms with Gasteiger partial charge in [-0.15, -0.1) is 0 Å². The Kier molecular flexibility index (Phi) is 11.3. The number of aryl methyl sites for hydroxylation is 1. The monoisotopic (exact) mass is 678 g/mol. The van der Waals surface area contributed by atoms with E-state index in [1.807, 2.05) is 0 Å². The molecule has 0 spiro atoms. The average Bonchev–Trinajstić information content (AvgIpc) is 3.59. The van der Waals surface area contributed by atoms with Crippen LogP contribution in [0.5, 0.6) is 17.2 Å². The number of amides is 1. The molecule has 1 aromatic heterocycles. The molecule has 50 heavy (non-hydrogen) atoms. The molecular formula is C39H38N2O9. The zero-order valence-corrected chi connectivity index (χ0v) is 28.3. The molecule has 1 heterocycles. The highest BCUT2D eigenvalue weighted by Gasteiger charge is 2.32. The van der Waals surface area contributed by atoms with Crippen LogP contribution in [-0.2, 0) is 21.4 Å². The van der Waals surface area contributed by atoms with Crippen LogP contribution in [0, 0.1) is 11.8 Å². The summed E-state index contributed by atoms with van der Waals surface area (Å²) in [4.78, 5) is 65.0. The number of anilines is 1. The fourth-order valence-corrected chi connectivity index (χ4v) is 5.72. The smallest absolute Gasteiger partial charge is 0.337 e. The SMILES string of the molecule is COC(=O)c1ccc(N(C)C(=O)c2ccc(OC(=O)C3CCC(C(=O)Oc4ccc(OC)cc4/C=C/C(=O)c4cccn4C)CC3)cc2)cc1. The third kappa shape index (κ3) is 8.35. The van der Waals surface area contributed by atoms with Crippen LogP contribution in [0.2, 0.25) is 0 Å². The lowest BCUT2D eigenvalue weighted by Gasteiger charge is -2.26. The Morgan fingerprint density at radius 1 is 0.760 bits per heavy atom. The van der Waals surface area contributed by atoms with E-state index in [0.717, 1.165) is 0 Å². The number of methoxy groups -OCH3 is 2. The number of allylic oxidation sites excluding steroid dienone is 1. The van der Waals surface area contributed by atoms with Gasteiger partial charge < -0.3 is 28.4 Å². The number of ketones is 1. The van der Waals surface area contributed by atoms with Crippen LogP contribution < -0.4 is 19.1 Å². The number of ether oxygens (including phenoxy) is 4. The molecule has 1 saturated carbocycles. The molecule has 5 rings (SSSR count). The zero-order valence-electron chi connectivity index (χ0n) is 28.3. The number of hydrogen-bond acceptors (Lipinski definition) is 9. The van der Waals surface area contributed by atoms with Crippen molar-refractivity contribution in [1.29, 1.82) is 0 Å². The fraction of sp³-hybridized carbons (Fsp3) is 0.256. The molecule has 0 atom stereocenters. The molecule has 3 aromatic carbocycles. The van der Waals surface area contributed by atoms with E-state index in [2.05, 4.69) is 0 Å². The first-order valence-corrected chi connectivity index (χ1v) is 16.1. The van der Waals surface area contributed by atoms with E-state index in [1.165, 1.54) is 25.2 Å². The number of carbonyl (C=O) groups excluding carboxylic acids is 5. The molecule has 11 nitrogen and oxygen atoms in total. The van der Waals surface area contributed by atoms with Crippen molar-refractivity contribution in [2.45, 2.75) is 25.7 Å². The minimum Gasteiger partial charge on any atom is -0.497 e. The number of hydrogen-bond donors (Lipinski definition) is 0. The van der Waals surface area contributed by atoms with Gasteiger partial charge in [-0.25, -0.2) is 4.79 Å². The predicted octanol–water partition coefficient (Wildman–Crippen LogP) is 6.31. The molecular weight excluding hydrogens is 640 g/mol. The van der Waals surface area contributed by atoms with Crippen LogP contribution in [0.15, 0.2) is 91.1 Å². The van der Waals surface area contributed by atoms with E-state index in [1.54, 1.807) is 110 Å². The topological polar surface area (TPSA) is 130 Å². The highest BCUT2D eigenvalue weighted by molar-refractivity contribution is 6.06. The van der Waals surface area contributed by atoms with Gasteiger partial charge in [-0.2, -0.15) is 0 Å². The maximum Gasteiger partial charge on any atom is 0.337 e. The molecule has 11 heteroatoms. The van der Waals surface area contributed by atoms with Crippen molar-refractivity contribution in [2.24, 2.45) is 18.9 Å². The summed E-state index contributed by atoms with van der Waals surface area (Å²) in [5.41, 5.74) is 2.40. The zero-order chi connectivity index (χ0) is 35.8. The molecule has 4 aromatic rings. The van der Waals surface area contributed by atoms with Gasteiger partial charge in [0.1, 0.15) is 17.2 Å². The Morgan fingerprint density at radius 3 is 1.94 bits per heavy atom. The first kappa shape index (κ1) is 35.3. The van der Waals surface area contributed by atoms with Gasteiger partial charge in [0.25, 0.3) is 5.91 Å². The second-order valence-electron chi connectivity index (χ2n) is 11.9. The second kappa shape index (κ2) is 16.0. The quantitative estimate of drug-likeness (QED) is 0.0775. The number of carbonyl (C=O) groups is 5. The van der Waals surface area contributed by atoms with Crippen LogP contribution in [0.25, 0.3) is 6.08 Å². The minimum atomic E-state index is -0.464. The van der Waals surface area contributed by atoms with Crippen molar-refractivity contribution in [3.05, 3.63) is 114 Å². The van der Waals surface area contributed by atoms with Gasteiger partial charge in [-0.1, -0.05) is 0 Å². The van der Waals surface area contributed by atoms with Gasteiger partial charge in [0.2, 0.25) is 5.78 Å². The van der Waals surface area contributed by atoms with Gasteiger partial charge in [0.15, 0.2) is 0 Å². The maximum absolute atomic E-state index is 13.2. The van der Waals surface area contributed by atoms with Crippen molar-refractivity contribution in [2.75, 3.05) is 26.2 Å². The largest absolute Gasteiger partial charge is 0.497 e. The molecule has 1 aliphatic carbocycles. The lowest BCUT2D eigenvalue weighted by atomic mass is 9.82. The number of nitrogens with zero attached hydrogens (tertiary/aromatic N) is 2. The first-order valence-electron chi connectivity index (χ1n) is 16.1. The second-order valence-corrected chi connectivity index (χ2v) is 11.9. The third-order valence-corrected chi connectivity index (χ3v) is 8.73. The van der Waals surface area contributed by atoms with Crippen molar-refractivity contribution in [1.82, 2.24) is 4.57 Å². The minimum absolute atomic E-state index is 0.194. The van der Waals surface area contributed by atoms with E-state index in [9.17, 15) is 24.0 Å². The highest BCUT2D eigenvalue weighted by Crippen LogP contribution is 2.33. The predicted molar refractivity (Wildman–Crippen MR) is 185 cm³/mol. The van der Waals surface area contributed by atoms with Crippen LogP contribution in [0.4, 0.5) is 5.69 Å². The standard InChI is InChI=1S/C39H38N2O9/c1-40-23-5-6-33(40)34(42)21-15-29-24-32(47-3)20-22-35(29)50-39(46)28-9-7-27(8-10-28)38(45)49-31-18-13-25(14-19-31)36(43)41(2)30-16-11-26(12-17-30)37(44)48-4/h5-6,11-24,27-28H,7-10H2,1-4H3/b21-15+. The van der Waals surface area contributed by atoms with E-state index in [0.29, 0.717) is 71.0 Å². The van der Waals surface area contributed by atoms with Gasteiger partial charge in [-0.05, 0) is 117 Å². The van der Waals surface area contributed by atoms with E-state index >= 15 is 0 Å². The maximum atomic E-state index is 13.2. The number of aromatic nitrogens is 1.